The fourth-order valence-corrected chi connectivity index (χ4v) is 5.11. The average molecular weight is 485 g/mol. The molecule has 0 unspecified atom stereocenters. The van der Waals surface area contributed by atoms with Crippen molar-refractivity contribution < 1.29 is 0 Å². The number of nitrogens with zero attached hydrogens (tertiary/aromatic N) is 2. The minimum absolute atomic E-state index is 0.947. The topological polar surface area (TPSA) is 25.8 Å². The fourth-order valence-electron chi connectivity index (χ4n) is 5.11. The van der Waals surface area contributed by atoms with Crippen LogP contribution in [0.15, 0.2) is 146 Å². The van der Waals surface area contributed by atoms with Gasteiger partial charge in [0.1, 0.15) is 0 Å². The van der Waals surface area contributed by atoms with Gasteiger partial charge in [-0.15, -0.1) is 0 Å². The molecule has 7 rings (SSSR count). The third-order valence-corrected chi connectivity index (χ3v) is 7.14. The van der Waals surface area contributed by atoms with Crippen LogP contribution in [0.1, 0.15) is 0 Å². The summed E-state index contributed by atoms with van der Waals surface area (Å²) >= 11 is 0. The lowest BCUT2D eigenvalue weighted by Crippen LogP contribution is -1.89. The van der Waals surface area contributed by atoms with Crippen molar-refractivity contribution in [3.63, 3.8) is 0 Å². The molecular formula is C36H24N2. The molecule has 0 saturated heterocycles. The molecule has 5 aromatic carbocycles. The second-order valence-corrected chi connectivity index (χ2v) is 9.56. The van der Waals surface area contributed by atoms with Crippen LogP contribution in [0.5, 0.6) is 0 Å². The molecule has 2 heterocycles. The maximum absolute atomic E-state index is 4.71. The highest BCUT2D eigenvalue weighted by Crippen LogP contribution is 2.31. The van der Waals surface area contributed by atoms with Crippen molar-refractivity contribution in [3.05, 3.63) is 146 Å². The molecule has 7 aromatic rings. The summed E-state index contributed by atoms with van der Waals surface area (Å²) in [5.74, 6) is 0. The van der Waals surface area contributed by atoms with Crippen molar-refractivity contribution in [2.24, 2.45) is 0 Å². The number of hydrogen-bond donors (Lipinski definition) is 0. The van der Waals surface area contributed by atoms with E-state index in [0.29, 0.717) is 0 Å². The van der Waals surface area contributed by atoms with Crippen LogP contribution in [0, 0.1) is 0 Å². The molecule has 2 nitrogen and oxygen atoms in total. The van der Waals surface area contributed by atoms with Crippen LogP contribution in [0.25, 0.3) is 66.3 Å². The highest BCUT2D eigenvalue weighted by molar-refractivity contribution is 5.89. The van der Waals surface area contributed by atoms with Crippen molar-refractivity contribution in [1.82, 2.24) is 9.97 Å². The molecule has 0 saturated carbocycles. The van der Waals surface area contributed by atoms with Gasteiger partial charge in [-0.3, -0.25) is 9.97 Å². The van der Waals surface area contributed by atoms with Crippen molar-refractivity contribution in [3.8, 4) is 44.8 Å². The molecule has 0 N–H and O–H groups in total. The highest BCUT2D eigenvalue weighted by Gasteiger charge is 2.08. The van der Waals surface area contributed by atoms with E-state index in [2.05, 4.69) is 133 Å². The van der Waals surface area contributed by atoms with E-state index in [-0.39, 0.29) is 0 Å². The number of rotatable bonds is 4. The number of aromatic nitrogens is 2. The van der Waals surface area contributed by atoms with Crippen molar-refractivity contribution in [2.45, 2.75) is 0 Å². The Morgan fingerprint density at radius 2 is 0.737 bits per heavy atom. The largest absolute Gasteiger partial charge is 0.256 e. The average Bonchev–Trinajstić information content (AvgIpc) is 3.01. The van der Waals surface area contributed by atoms with Crippen LogP contribution in [0.3, 0.4) is 0 Å². The molecule has 0 aliphatic carbocycles. The molecule has 178 valence electrons. The lowest BCUT2D eigenvalue weighted by molar-refractivity contribution is 1.31. The summed E-state index contributed by atoms with van der Waals surface area (Å²) in [6.07, 6.45) is 3.79. The van der Waals surface area contributed by atoms with Gasteiger partial charge in [0.15, 0.2) is 0 Å². The van der Waals surface area contributed by atoms with Crippen molar-refractivity contribution >= 4 is 21.5 Å². The quantitative estimate of drug-likeness (QED) is 0.249. The van der Waals surface area contributed by atoms with E-state index >= 15 is 0 Å². The minimum atomic E-state index is 0.947. The van der Waals surface area contributed by atoms with Crippen LogP contribution in [0.2, 0.25) is 0 Å². The van der Waals surface area contributed by atoms with Crippen LogP contribution in [-0.4, -0.2) is 9.97 Å². The molecule has 0 atom stereocenters. The smallest absolute Gasteiger partial charge is 0.0708 e. The first-order valence-electron chi connectivity index (χ1n) is 12.8. The van der Waals surface area contributed by atoms with E-state index in [0.717, 1.165) is 33.6 Å². The Morgan fingerprint density at radius 3 is 1.24 bits per heavy atom. The van der Waals surface area contributed by atoms with Crippen LogP contribution in [-0.2, 0) is 0 Å². The van der Waals surface area contributed by atoms with E-state index in [1.807, 2.05) is 12.4 Å². The molecule has 0 aliphatic rings. The van der Waals surface area contributed by atoms with Crippen molar-refractivity contribution in [1.29, 1.82) is 0 Å². The second-order valence-electron chi connectivity index (χ2n) is 9.56. The van der Waals surface area contributed by atoms with E-state index in [1.54, 1.807) is 0 Å². The number of pyridine rings is 2. The molecule has 0 fully saturated rings. The summed E-state index contributed by atoms with van der Waals surface area (Å²) in [5, 5.41) is 4.97. The molecule has 2 heteroatoms. The zero-order valence-electron chi connectivity index (χ0n) is 20.8. The van der Waals surface area contributed by atoms with Crippen molar-refractivity contribution in [2.75, 3.05) is 0 Å². The lowest BCUT2D eigenvalue weighted by atomic mass is 9.98. The van der Waals surface area contributed by atoms with E-state index in [9.17, 15) is 0 Å². The van der Waals surface area contributed by atoms with Gasteiger partial charge in [-0.2, -0.15) is 0 Å². The molecule has 0 radical (unpaired) electrons. The van der Waals surface area contributed by atoms with Gasteiger partial charge >= 0.3 is 0 Å². The lowest BCUT2D eigenvalue weighted by Gasteiger charge is -2.09. The van der Waals surface area contributed by atoms with Crippen LogP contribution < -0.4 is 0 Å². The van der Waals surface area contributed by atoms with E-state index < -0.39 is 0 Å². The van der Waals surface area contributed by atoms with Gasteiger partial charge in [-0.25, -0.2) is 0 Å². The second kappa shape index (κ2) is 9.42. The third-order valence-electron chi connectivity index (χ3n) is 7.14. The first kappa shape index (κ1) is 22.1. The van der Waals surface area contributed by atoms with Gasteiger partial charge in [0.25, 0.3) is 0 Å². The van der Waals surface area contributed by atoms with Gasteiger partial charge in [0.2, 0.25) is 0 Å². The summed E-state index contributed by atoms with van der Waals surface area (Å²) in [4.78, 5) is 9.41. The summed E-state index contributed by atoms with van der Waals surface area (Å²) in [5.41, 5.74) is 8.73. The zero-order valence-corrected chi connectivity index (χ0v) is 20.8. The van der Waals surface area contributed by atoms with Gasteiger partial charge in [-0.05, 0) is 86.3 Å². The Hall–Kier alpha value is -5.08. The van der Waals surface area contributed by atoms with E-state index in [1.165, 1.54) is 32.7 Å². The SMILES string of the molecule is c1cc(-c2cc(-c3ccc4ccccc4c3)ccn2)cc(-c2cc(-c3ccc4ccccc4c3)ccn2)c1. The molecule has 0 aliphatic heterocycles. The molecule has 38 heavy (non-hydrogen) atoms. The first-order chi connectivity index (χ1) is 18.8. The maximum Gasteiger partial charge on any atom is 0.0708 e. The number of hydrogen-bond acceptors (Lipinski definition) is 2. The molecule has 0 spiro atoms. The highest BCUT2D eigenvalue weighted by atomic mass is 14.7. The standard InChI is InChI=1S/C36H24N2/c1-3-8-27-20-29(14-12-25(27)6-1)31-16-18-37-35(23-31)33-10-5-11-34(22-33)36-24-32(17-19-38-36)30-15-13-26-7-2-4-9-28(26)21-30/h1-24H. The molecule has 2 aromatic heterocycles. The van der Waals surface area contributed by atoms with Gasteiger partial charge in [0, 0.05) is 23.5 Å². The maximum atomic E-state index is 4.71. The zero-order chi connectivity index (χ0) is 25.3. The Labute approximate surface area is 221 Å². The summed E-state index contributed by atoms with van der Waals surface area (Å²) < 4.78 is 0. The monoisotopic (exact) mass is 484 g/mol. The number of benzene rings is 5. The Bertz CT molecular complexity index is 1800. The van der Waals surface area contributed by atoms with Crippen LogP contribution in [0.4, 0.5) is 0 Å². The summed E-state index contributed by atoms with van der Waals surface area (Å²) in [7, 11) is 0. The summed E-state index contributed by atoms with van der Waals surface area (Å²) in [6, 6.07) is 47.1. The predicted octanol–water partition coefficient (Wildman–Crippen LogP) is 9.45. The Kier molecular flexibility index (Phi) is 5.49. The van der Waals surface area contributed by atoms with E-state index in [4.69, 9.17) is 9.97 Å². The van der Waals surface area contributed by atoms with Crippen LogP contribution >= 0.6 is 0 Å². The van der Waals surface area contributed by atoms with Gasteiger partial charge in [0.05, 0.1) is 11.4 Å². The Balaban J connectivity index is 1.23. The Morgan fingerprint density at radius 1 is 0.289 bits per heavy atom. The normalized spacial score (nSPS) is 11.2. The van der Waals surface area contributed by atoms with Gasteiger partial charge < -0.3 is 0 Å². The summed E-state index contributed by atoms with van der Waals surface area (Å²) in [6.45, 7) is 0. The predicted molar refractivity (Wildman–Crippen MR) is 159 cm³/mol. The first-order valence-corrected chi connectivity index (χ1v) is 12.8. The number of fused-ring (bicyclic) bond motifs is 2. The molecule has 0 amide bonds. The minimum Gasteiger partial charge on any atom is -0.256 e. The molecular weight excluding hydrogens is 460 g/mol. The molecule has 0 bridgehead atoms. The third kappa shape index (κ3) is 4.23. The van der Waals surface area contributed by atoms with Gasteiger partial charge in [-0.1, -0.05) is 91.0 Å². The fraction of sp³-hybridized carbons (Fsp3) is 0.